The summed E-state index contributed by atoms with van der Waals surface area (Å²) in [6.45, 7) is 0. The number of nitrogens with zero attached hydrogens (tertiary/aromatic N) is 1. The van der Waals surface area contributed by atoms with Crippen molar-refractivity contribution in [1.82, 2.24) is 0 Å². The third-order valence-corrected chi connectivity index (χ3v) is 4.17. The van der Waals surface area contributed by atoms with Gasteiger partial charge in [-0.25, -0.2) is 4.99 Å². The van der Waals surface area contributed by atoms with Crippen molar-refractivity contribution in [2.45, 2.75) is 12.5 Å². The fourth-order valence-corrected chi connectivity index (χ4v) is 3.33. The molecule has 3 aliphatic rings. The van der Waals surface area contributed by atoms with Crippen molar-refractivity contribution >= 4 is 11.9 Å². The van der Waals surface area contributed by atoms with Crippen molar-refractivity contribution < 1.29 is 9.53 Å². The molecule has 0 aromatic heterocycles. The molecule has 2 aliphatic carbocycles. The van der Waals surface area contributed by atoms with Crippen LogP contribution >= 0.6 is 0 Å². The molecule has 18 heavy (non-hydrogen) atoms. The number of esters is 1. The molecular formula is C15H13NO2. The van der Waals surface area contributed by atoms with Crippen LogP contribution in [0.25, 0.3) is 0 Å². The van der Waals surface area contributed by atoms with Gasteiger partial charge in [0.1, 0.15) is 0 Å². The summed E-state index contributed by atoms with van der Waals surface area (Å²) >= 11 is 0. The number of allylic oxidation sites excluding steroid dienone is 1. The van der Waals surface area contributed by atoms with Crippen molar-refractivity contribution in [3.63, 3.8) is 0 Å². The number of aliphatic imine (C=N–C) groups is 1. The molecule has 0 radical (unpaired) electrons. The fourth-order valence-electron chi connectivity index (χ4n) is 3.33. The standard InChI is InChI=1S/C15H13NO2/c17-15-12-10-6-7-11(8-10)13(12)16-14(18-15)9-4-2-1-3-5-9/h1-7,10-13H,8H2. The first kappa shape index (κ1) is 10.1. The number of ether oxygens (including phenoxy) is 1. The van der Waals surface area contributed by atoms with E-state index in [1.54, 1.807) is 0 Å². The number of cyclic esters (lactones) is 1. The maximum absolute atomic E-state index is 12.1. The Balaban J connectivity index is 1.75. The third kappa shape index (κ3) is 1.30. The van der Waals surface area contributed by atoms with Crippen molar-refractivity contribution in [1.29, 1.82) is 0 Å². The molecule has 0 spiro atoms. The van der Waals surface area contributed by atoms with Crippen LogP contribution in [0.3, 0.4) is 0 Å². The Morgan fingerprint density at radius 3 is 2.72 bits per heavy atom. The average Bonchev–Trinajstić information content (AvgIpc) is 3.01. The molecule has 1 aromatic carbocycles. The monoisotopic (exact) mass is 239 g/mol. The molecule has 1 fully saturated rings. The van der Waals surface area contributed by atoms with E-state index in [9.17, 15) is 4.79 Å². The molecule has 0 saturated heterocycles. The van der Waals surface area contributed by atoms with E-state index in [4.69, 9.17) is 4.74 Å². The minimum Gasteiger partial charge on any atom is -0.407 e. The van der Waals surface area contributed by atoms with Crippen molar-refractivity contribution in [3.05, 3.63) is 48.0 Å². The lowest BCUT2D eigenvalue weighted by Gasteiger charge is -2.28. The van der Waals surface area contributed by atoms with Crippen LogP contribution in [0.2, 0.25) is 0 Å². The number of carbonyl (C=O) groups excluding carboxylic acids is 1. The largest absolute Gasteiger partial charge is 0.407 e. The molecule has 1 heterocycles. The zero-order valence-corrected chi connectivity index (χ0v) is 9.82. The highest BCUT2D eigenvalue weighted by molar-refractivity contribution is 6.03. The van der Waals surface area contributed by atoms with Gasteiger partial charge in [-0.05, 0) is 24.5 Å². The second-order valence-electron chi connectivity index (χ2n) is 5.19. The molecule has 4 unspecified atom stereocenters. The number of rotatable bonds is 1. The van der Waals surface area contributed by atoms with Gasteiger partial charge in [-0.2, -0.15) is 0 Å². The van der Waals surface area contributed by atoms with Crippen molar-refractivity contribution in [2.24, 2.45) is 22.7 Å². The van der Waals surface area contributed by atoms with Gasteiger partial charge in [0, 0.05) is 11.5 Å². The van der Waals surface area contributed by atoms with E-state index in [1.165, 1.54) is 0 Å². The van der Waals surface area contributed by atoms with Gasteiger partial charge in [0.15, 0.2) is 0 Å². The highest BCUT2D eigenvalue weighted by atomic mass is 16.5. The van der Waals surface area contributed by atoms with Crippen LogP contribution in [-0.2, 0) is 9.53 Å². The van der Waals surface area contributed by atoms with Crippen LogP contribution in [0, 0.1) is 17.8 Å². The topological polar surface area (TPSA) is 38.7 Å². The maximum atomic E-state index is 12.1. The van der Waals surface area contributed by atoms with Crippen LogP contribution in [0.1, 0.15) is 12.0 Å². The van der Waals surface area contributed by atoms with E-state index < -0.39 is 0 Å². The Labute approximate surface area is 105 Å². The molecule has 90 valence electrons. The summed E-state index contributed by atoms with van der Waals surface area (Å²) in [7, 11) is 0. The number of carbonyl (C=O) groups is 1. The fraction of sp³-hybridized carbons (Fsp3) is 0.333. The van der Waals surface area contributed by atoms with Crippen LogP contribution in [0.5, 0.6) is 0 Å². The van der Waals surface area contributed by atoms with Gasteiger partial charge in [0.25, 0.3) is 0 Å². The van der Waals surface area contributed by atoms with Crippen LogP contribution < -0.4 is 0 Å². The van der Waals surface area contributed by atoms with Crippen LogP contribution in [-0.4, -0.2) is 17.9 Å². The SMILES string of the molecule is O=C1OC(c2ccccc2)=NC2C3C=CC(C3)C12. The number of hydrogen-bond acceptors (Lipinski definition) is 3. The zero-order chi connectivity index (χ0) is 12.1. The molecule has 4 atom stereocenters. The van der Waals surface area contributed by atoms with E-state index in [-0.39, 0.29) is 17.9 Å². The minimum absolute atomic E-state index is 0.0486. The van der Waals surface area contributed by atoms with Crippen LogP contribution in [0.15, 0.2) is 47.5 Å². The van der Waals surface area contributed by atoms with Gasteiger partial charge in [0.05, 0.1) is 12.0 Å². The van der Waals surface area contributed by atoms with E-state index in [0.29, 0.717) is 17.7 Å². The normalized spacial score (nSPS) is 36.2. The first-order valence-corrected chi connectivity index (χ1v) is 6.36. The molecule has 3 nitrogen and oxygen atoms in total. The highest BCUT2D eigenvalue weighted by Crippen LogP contribution is 2.47. The molecule has 0 amide bonds. The van der Waals surface area contributed by atoms with E-state index in [0.717, 1.165) is 12.0 Å². The molecule has 1 aliphatic heterocycles. The lowest BCUT2D eigenvalue weighted by atomic mass is 9.88. The summed E-state index contributed by atoms with van der Waals surface area (Å²) in [5.41, 5.74) is 0.885. The van der Waals surface area contributed by atoms with E-state index >= 15 is 0 Å². The van der Waals surface area contributed by atoms with Gasteiger partial charge in [0.2, 0.25) is 5.90 Å². The Kier molecular flexibility index (Phi) is 1.98. The Morgan fingerprint density at radius 2 is 1.89 bits per heavy atom. The Hall–Kier alpha value is -1.90. The lowest BCUT2D eigenvalue weighted by molar-refractivity contribution is -0.142. The molecule has 0 N–H and O–H groups in total. The Morgan fingerprint density at radius 1 is 1.11 bits per heavy atom. The summed E-state index contributed by atoms with van der Waals surface area (Å²) in [6.07, 6.45) is 5.41. The summed E-state index contributed by atoms with van der Waals surface area (Å²) in [6, 6.07) is 9.75. The third-order valence-electron chi connectivity index (χ3n) is 4.17. The highest BCUT2D eigenvalue weighted by Gasteiger charge is 2.51. The van der Waals surface area contributed by atoms with Gasteiger partial charge >= 0.3 is 5.97 Å². The molecular weight excluding hydrogens is 226 g/mol. The van der Waals surface area contributed by atoms with Crippen LogP contribution in [0.4, 0.5) is 0 Å². The first-order valence-electron chi connectivity index (χ1n) is 6.36. The molecule has 2 bridgehead atoms. The zero-order valence-electron chi connectivity index (χ0n) is 9.82. The number of hydrogen-bond donors (Lipinski definition) is 0. The lowest BCUT2D eigenvalue weighted by Crippen LogP contribution is -2.38. The Bertz CT molecular complexity index is 561. The first-order chi connectivity index (χ1) is 8.83. The quantitative estimate of drug-likeness (QED) is 0.556. The van der Waals surface area contributed by atoms with Crippen molar-refractivity contribution in [2.75, 3.05) is 0 Å². The number of fused-ring (bicyclic) bond motifs is 5. The predicted octanol–water partition coefficient (Wildman–Crippen LogP) is 2.18. The minimum atomic E-state index is -0.106. The smallest absolute Gasteiger partial charge is 0.318 e. The summed E-state index contributed by atoms with van der Waals surface area (Å²) in [4.78, 5) is 16.8. The van der Waals surface area contributed by atoms with Gasteiger partial charge in [-0.1, -0.05) is 30.4 Å². The van der Waals surface area contributed by atoms with E-state index in [2.05, 4.69) is 17.1 Å². The van der Waals surface area contributed by atoms with Gasteiger partial charge in [-0.15, -0.1) is 0 Å². The predicted molar refractivity (Wildman–Crippen MR) is 67.1 cm³/mol. The molecule has 4 rings (SSSR count). The summed E-state index contributed by atoms with van der Waals surface area (Å²) < 4.78 is 5.42. The average molecular weight is 239 g/mol. The summed E-state index contributed by atoms with van der Waals surface area (Å²) in [5.74, 6) is 1.10. The maximum Gasteiger partial charge on any atom is 0.318 e. The molecule has 1 saturated carbocycles. The molecule has 3 heteroatoms. The second kappa shape index (κ2) is 3.55. The summed E-state index contributed by atoms with van der Waals surface area (Å²) in [5, 5.41) is 0. The van der Waals surface area contributed by atoms with Crippen molar-refractivity contribution in [3.8, 4) is 0 Å². The number of benzene rings is 1. The van der Waals surface area contributed by atoms with Gasteiger partial charge in [-0.3, -0.25) is 4.79 Å². The van der Waals surface area contributed by atoms with E-state index in [1.807, 2.05) is 30.3 Å². The van der Waals surface area contributed by atoms with Gasteiger partial charge < -0.3 is 4.74 Å². The second-order valence-corrected chi connectivity index (χ2v) is 5.19. The molecule has 1 aromatic rings.